The first kappa shape index (κ1) is 18.6. The van der Waals surface area contributed by atoms with Crippen LogP contribution in [0.25, 0.3) is 0 Å². The lowest BCUT2D eigenvalue weighted by Crippen LogP contribution is -2.35. The smallest absolute Gasteiger partial charge is 0.258 e. The Hall–Kier alpha value is -2.18. The van der Waals surface area contributed by atoms with Crippen molar-refractivity contribution in [2.45, 2.75) is 39.3 Å². The molecule has 0 saturated heterocycles. The molecule has 2 aromatic carbocycles. The summed E-state index contributed by atoms with van der Waals surface area (Å²) in [7, 11) is -3.26. The standard InChI is InChI=1S/C20H24N2O3S/c1-3-11-26(24,25)21-14-16-9-10-18-12-15(2)22(19(18)13-16)20(23)17-7-5-4-6-8-17/h4-10,13,15,21H,3,11-12,14H2,1-2H3/t15-/m0/s1. The largest absolute Gasteiger partial charge is 0.305 e. The molecule has 0 unspecified atom stereocenters. The van der Waals surface area contributed by atoms with Crippen LogP contribution in [0.2, 0.25) is 0 Å². The Morgan fingerprint density at radius 1 is 1.19 bits per heavy atom. The lowest BCUT2D eigenvalue weighted by Gasteiger charge is -2.23. The van der Waals surface area contributed by atoms with Crippen molar-refractivity contribution in [3.63, 3.8) is 0 Å². The van der Waals surface area contributed by atoms with Crippen LogP contribution < -0.4 is 9.62 Å². The molecular weight excluding hydrogens is 348 g/mol. The monoisotopic (exact) mass is 372 g/mol. The van der Waals surface area contributed by atoms with E-state index in [1.54, 1.807) is 0 Å². The molecule has 26 heavy (non-hydrogen) atoms. The van der Waals surface area contributed by atoms with E-state index in [2.05, 4.69) is 4.72 Å². The molecule has 1 heterocycles. The zero-order chi connectivity index (χ0) is 18.7. The molecule has 1 amide bonds. The summed E-state index contributed by atoms with van der Waals surface area (Å²) in [5.74, 6) is 0.0914. The molecule has 138 valence electrons. The van der Waals surface area contributed by atoms with Crippen LogP contribution in [0.3, 0.4) is 0 Å². The molecule has 6 heteroatoms. The lowest BCUT2D eigenvalue weighted by atomic mass is 10.1. The molecule has 1 atom stereocenters. The van der Waals surface area contributed by atoms with E-state index in [1.165, 1.54) is 0 Å². The van der Waals surface area contributed by atoms with Crippen LogP contribution in [-0.2, 0) is 23.0 Å². The number of hydrogen-bond donors (Lipinski definition) is 1. The molecule has 1 aliphatic heterocycles. The van der Waals surface area contributed by atoms with Gasteiger partial charge in [-0.15, -0.1) is 0 Å². The normalized spacial score (nSPS) is 16.5. The van der Waals surface area contributed by atoms with Gasteiger partial charge in [0.2, 0.25) is 10.0 Å². The second-order valence-electron chi connectivity index (χ2n) is 6.70. The van der Waals surface area contributed by atoms with E-state index < -0.39 is 10.0 Å². The van der Waals surface area contributed by atoms with E-state index in [0.717, 1.165) is 23.2 Å². The third-order valence-electron chi connectivity index (χ3n) is 4.57. The van der Waals surface area contributed by atoms with Crippen molar-refractivity contribution < 1.29 is 13.2 Å². The van der Waals surface area contributed by atoms with E-state index in [0.29, 0.717) is 12.0 Å². The molecule has 0 spiro atoms. The Bertz CT molecular complexity index is 895. The summed E-state index contributed by atoms with van der Waals surface area (Å²) in [6.45, 7) is 4.10. The van der Waals surface area contributed by atoms with Crippen LogP contribution in [0.1, 0.15) is 41.8 Å². The summed E-state index contributed by atoms with van der Waals surface area (Å²) in [6.07, 6.45) is 1.38. The molecular formula is C20H24N2O3S. The van der Waals surface area contributed by atoms with Crippen LogP contribution in [0.5, 0.6) is 0 Å². The van der Waals surface area contributed by atoms with Crippen LogP contribution in [-0.4, -0.2) is 26.1 Å². The summed E-state index contributed by atoms with van der Waals surface area (Å²) in [5.41, 5.74) is 3.49. The molecule has 0 saturated carbocycles. The maximum atomic E-state index is 12.9. The molecule has 3 rings (SSSR count). The third kappa shape index (κ3) is 3.97. The van der Waals surface area contributed by atoms with Crippen molar-refractivity contribution >= 4 is 21.6 Å². The van der Waals surface area contributed by atoms with Gasteiger partial charge in [0.05, 0.1) is 5.75 Å². The number of sulfonamides is 1. The predicted octanol–water partition coefficient (Wildman–Crippen LogP) is 3.11. The number of nitrogens with zero attached hydrogens (tertiary/aromatic N) is 1. The first-order chi connectivity index (χ1) is 12.4. The highest BCUT2D eigenvalue weighted by atomic mass is 32.2. The number of hydrogen-bond acceptors (Lipinski definition) is 3. The summed E-state index contributed by atoms with van der Waals surface area (Å²) >= 11 is 0. The third-order valence-corrected chi connectivity index (χ3v) is 6.10. The average Bonchev–Trinajstić information content (AvgIpc) is 2.95. The van der Waals surface area contributed by atoms with Crippen LogP contribution in [0, 0.1) is 0 Å². The summed E-state index contributed by atoms with van der Waals surface area (Å²) in [5, 5.41) is 0. The van der Waals surface area contributed by atoms with Gasteiger partial charge in [0.1, 0.15) is 0 Å². The second kappa shape index (κ2) is 7.60. The van der Waals surface area contributed by atoms with Gasteiger partial charge in [-0.05, 0) is 49.1 Å². The number of nitrogens with one attached hydrogen (secondary N) is 1. The van der Waals surface area contributed by atoms with Gasteiger partial charge < -0.3 is 4.90 Å². The molecule has 2 aromatic rings. The number of fused-ring (bicyclic) bond motifs is 1. The number of anilines is 1. The van der Waals surface area contributed by atoms with Gasteiger partial charge in [0, 0.05) is 23.8 Å². The Labute approximate surface area is 155 Å². The number of benzene rings is 2. The molecule has 1 N–H and O–H groups in total. The van der Waals surface area contributed by atoms with Crippen molar-refractivity contribution in [3.05, 3.63) is 65.2 Å². The molecule has 0 aromatic heterocycles. The van der Waals surface area contributed by atoms with Crippen molar-refractivity contribution in [1.29, 1.82) is 0 Å². The number of carbonyl (C=O) groups excluding carboxylic acids is 1. The minimum Gasteiger partial charge on any atom is -0.305 e. The SMILES string of the molecule is CCCS(=O)(=O)NCc1ccc2c(c1)N(C(=O)c1ccccc1)[C@@H](C)C2. The highest BCUT2D eigenvalue weighted by Crippen LogP contribution is 2.34. The Morgan fingerprint density at radius 2 is 1.92 bits per heavy atom. The fourth-order valence-corrected chi connectivity index (χ4v) is 4.40. The predicted molar refractivity (Wildman–Crippen MR) is 104 cm³/mol. The summed E-state index contributed by atoms with van der Waals surface area (Å²) in [4.78, 5) is 14.8. The van der Waals surface area contributed by atoms with Crippen molar-refractivity contribution in [3.8, 4) is 0 Å². The number of rotatable bonds is 6. The molecule has 0 aliphatic carbocycles. The Balaban J connectivity index is 1.84. The average molecular weight is 372 g/mol. The highest BCUT2D eigenvalue weighted by molar-refractivity contribution is 7.89. The zero-order valence-electron chi connectivity index (χ0n) is 15.1. The number of amides is 1. The van der Waals surface area contributed by atoms with Gasteiger partial charge in [-0.25, -0.2) is 13.1 Å². The fourth-order valence-electron chi connectivity index (χ4n) is 3.33. The van der Waals surface area contributed by atoms with E-state index in [-0.39, 0.29) is 24.2 Å². The van der Waals surface area contributed by atoms with E-state index in [4.69, 9.17) is 0 Å². The van der Waals surface area contributed by atoms with Crippen molar-refractivity contribution in [2.24, 2.45) is 0 Å². The van der Waals surface area contributed by atoms with Gasteiger partial charge in [-0.3, -0.25) is 4.79 Å². The van der Waals surface area contributed by atoms with E-state index in [9.17, 15) is 13.2 Å². The maximum absolute atomic E-state index is 12.9. The van der Waals surface area contributed by atoms with Gasteiger partial charge >= 0.3 is 0 Å². The Morgan fingerprint density at radius 3 is 2.62 bits per heavy atom. The molecule has 5 nitrogen and oxygen atoms in total. The minimum absolute atomic E-state index is 0.0273. The topological polar surface area (TPSA) is 66.5 Å². The summed E-state index contributed by atoms with van der Waals surface area (Å²) in [6, 6.07) is 15.1. The number of carbonyl (C=O) groups is 1. The van der Waals surface area contributed by atoms with Crippen molar-refractivity contribution in [1.82, 2.24) is 4.72 Å². The first-order valence-corrected chi connectivity index (χ1v) is 10.5. The molecule has 0 fully saturated rings. The molecule has 1 aliphatic rings. The maximum Gasteiger partial charge on any atom is 0.258 e. The zero-order valence-corrected chi connectivity index (χ0v) is 15.9. The molecule has 0 radical (unpaired) electrons. The van der Waals surface area contributed by atoms with Crippen LogP contribution in [0.15, 0.2) is 48.5 Å². The van der Waals surface area contributed by atoms with E-state index >= 15 is 0 Å². The van der Waals surface area contributed by atoms with Gasteiger partial charge in [-0.1, -0.05) is 37.3 Å². The minimum atomic E-state index is -3.26. The molecule has 0 bridgehead atoms. The van der Waals surface area contributed by atoms with Gasteiger partial charge in [-0.2, -0.15) is 0 Å². The van der Waals surface area contributed by atoms with E-state index in [1.807, 2.05) is 67.3 Å². The lowest BCUT2D eigenvalue weighted by molar-refractivity contribution is 0.0981. The van der Waals surface area contributed by atoms with Crippen LogP contribution in [0.4, 0.5) is 5.69 Å². The quantitative estimate of drug-likeness (QED) is 0.847. The van der Waals surface area contributed by atoms with Gasteiger partial charge in [0.15, 0.2) is 0 Å². The second-order valence-corrected chi connectivity index (χ2v) is 8.62. The fraction of sp³-hybridized carbons (Fsp3) is 0.350. The first-order valence-electron chi connectivity index (χ1n) is 8.89. The highest BCUT2D eigenvalue weighted by Gasteiger charge is 2.31. The van der Waals surface area contributed by atoms with Crippen molar-refractivity contribution in [2.75, 3.05) is 10.7 Å². The summed E-state index contributed by atoms with van der Waals surface area (Å²) < 4.78 is 26.4. The van der Waals surface area contributed by atoms with Gasteiger partial charge in [0.25, 0.3) is 5.91 Å². The van der Waals surface area contributed by atoms with Crippen LogP contribution >= 0.6 is 0 Å². The Kier molecular flexibility index (Phi) is 5.44.